The summed E-state index contributed by atoms with van der Waals surface area (Å²) in [7, 11) is 0. The van der Waals surface area contributed by atoms with Gasteiger partial charge in [0.2, 0.25) is 18.6 Å². The minimum atomic E-state index is -4.56. The maximum Gasteiger partial charge on any atom is 0.416 e. The van der Waals surface area contributed by atoms with Crippen LogP contribution in [0.2, 0.25) is 5.02 Å². The lowest BCUT2D eigenvalue weighted by molar-refractivity contribution is -0.137. The highest BCUT2D eigenvalue weighted by Gasteiger charge is 2.37. The molecule has 39 heavy (non-hydrogen) atoms. The van der Waals surface area contributed by atoms with Gasteiger partial charge in [-0.25, -0.2) is 4.99 Å². The number of amides is 2. The Morgan fingerprint density at radius 1 is 1.13 bits per heavy atom. The molecule has 1 unspecified atom stereocenters. The maximum absolute atomic E-state index is 13.3. The number of benzene rings is 3. The summed E-state index contributed by atoms with van der Waals surface area (Å²) in [6.45, 7) is 1.99. The monoisotopic (exact) mass is 575 g/mol. The zero-order chi connectivity index (χ0) is 27.7. The number of aryl methyl sites for hydroxylation is 1. The molecule has 202 valence electrons. The molecule has 2 heterocycles. The quantitative estimate of drug-likeness (QED) is 0.373. The van der Waals surface area contributed by atoms with Gasteiger partial charge < -0.3 is 14.8 Å². The Labute approximate surface area is 230 Å². The Morgan fingerprint density at radius 2 is 1.92 bits per heavy atom. The summed E-state index contributed by atoms with van der Waals surface area (Å²) in [5, 5.41) is 2.47. The second kappa shape index (κ2) is 10.8. The molecule has 0 aromatic heterocycles. The smallest absolute Gasteiger partial charge is 0.416 e. The highest BCUT2D eigenvalue weighted by Crippen LogP contribution is 2.36. The average Bonchev–Trinajstić information content (AvgIpc) is 3.36. The predicted octanol–water partition coefficient (Wildman–Crippen LogP) is 6.56. The topological polar surface area (TPSA) is 80.2 Å². The van der Waals surface area contributed by atoms with Crippen LogP contribution in [-0.4, -0.2) is 33.9 Å². The molecule has 0 saturated carbocycles. The van der Waals surface area contributed by atoms with Gasteiger partial charge >= 0.3 is 6.18 Å². The third-order valence-electron chi connectivity index (χ3n) is 6.05. The van der Waals surface area contributed by atoms with Crippen molar-refractivity contribution in [2.45, 2.75) is 31.3 Å². The van der Waals surface area contributed by atoms with Crippen molar-refractivity contribution in [1.29, 1.82) is 0 Å². The Bertz CT molecular complexity index is 1480. The number of alkyl halides is 3. The van der Waals surface area contributed by atoms with Crippen molar-refractivity contribution in [2.75, 3.05) is 12.1 Å². The van der Waals surface area contributed by atoms with E-state index < -0.39 is 28.8 Å². The second-order valence-corrected chi connectivity index (χ2v) is 10.5. The predicted molar refractivity (Wildman–Crippen MR) is 142 cm³/mol. The summed E-state index contributed by atoms with van der Waals surface area (Å²) < 4.78 is 50.7. The van der Waals surface area contributed by atoms with Crippen LogP contribution in [0, 0.1) is 6.92 Å². The molecule has 1 saturated heterocycles. The Morgan fingerprint density at radius 3 is 2.69 bits per heavy atom. The number of aliphatic imine (C=N–C) groups is 1. The van der Waals surface area contributed by atoms with Gasteiger partial charge in [-0.2, -0.15) is 13.2 Å². The molecular weight excluding hydrogens is 555 g/mol. The number of ether oxygens (including phenoxy) is 2. The number of rotatable bonds is 5. The molecule has 0 aliphatic carbocycles. The molecule has 3 aromatic carbocycles. The molecule has 2 amide bonds. The van der Waals surface area contributed by atoms with E-state index in [0.717, 1.165) is 29.5 Å². The highest BCUT2D eigenvalue weighted by atomic mass is 35.5. The molecule has 12 heteroatoms. The zero-order valence-electron chi connectivity index (χ0n) is 20.4. The van der Waals surface area contributed by atoms with Gasteiger partial charge in [-0.15, -0.1) is 0 Å². The van der Waals surface area contributed by atoms with E-state index in [1.54, 1.807) is 36.4 Å². The largest absolute Gasteiger partial charge is 0.454 e. The molecule has 0 bridgehead atoms. The van der Waals surface area contributed by atoms with Crippen LogP contribution >= 0.6 is 23.4 Å². The van der Waals surface area contributed by atoms with Crippen LogP contribution in [0.4, 0.5) is 24.5 Å². The molecule has 2 aliphatic rings. The van der Waals surface area contributed by atoms with Crippen molar-refractivity contribution in [1.82, 2.24) is 4.90 Å². The van der Waals surface area contributed by atoms with E-state index in [1.165, 1.54) is 17.0 Å². The van der Waals surface area contributed by atoms with E-state index >= 15 is 0 Å². The summed E-state index contributed by atoms with van der Waals surface area (Å²) in [6.07, 6.45) is -4.70. The molecule has 3 aromatic rings. The van der Waals surface area contributed by atoms with Gasteiger partial charge in [0, 0.05) is 17.1 Å². The van der Waals surface area contributed by atoms with Crippen molar-refractivity contribution in [3.05, 3.63) is 82.4 Å². The summed E-state index contributed by atoms with van der Waals surface area (Å²) in [5.41, 5.74) is 1.13. The lowest BCUT2D eigenvalue weighted by Gasteiger charge is -2.32. The van der Waals surface area contributed by atoms with Crippen LogP contribution in [0.15, 0.2) is 65.7 Å². The van der Waals surface area contributed by atoms with Gasteiger partial charge in [0.1, 0.15) is 5.25 Å². The first-order chi connectivity index (χ1) is 18.6. The first kappa shape index (κ1) is 26.9. The third-order valence-corrected chi connectivity index (χ3v) is 7.64. The zero-order valence-corrected chi connectivity index (χ0v) is 22.0. The number of nitrogens with zero attached hydrogens (tertiary/aromatic N) is 2. The second-order valence-electron chi connectivity index (χ2n) is 8.87. The first-order valence-corrected chi connectivity index (χ1v) is 13.0. The lowest BCUT2D eigenvalue weighted by Crippen LogP contribution is -2.44. The van der Waals surface area contributed by atoms with E-state index in [2.05, 4.69) is 10.3 Å². The molecule has 1 N–H and O–H groups in total. The number of amidine groups is 1. The maximum atomic E-state index is 13.3. The Hall–Kier alpha value is -3.70. The summed E-state index contributed by atoms with van der Waals surface area (Å²) in [5.74, 6) is 0.242. The number of halogens is 4. The van der Waals surface area contributed by atoms with E-state index in [0.29, 0.717) is 27.8 Å². The van der Waals surface area contributed by atoms with Crippen LogP contribution in [0.5, 0.6) is 11.5 Å². The molecule has 7 nitrogen and oxygen atoms in total. The number of anilines is 1. The van der Waals surface area contributed by atoms with Crippen molar-refractivity contribution >= 4 is 51.7 Å². The Balaban J connectivity index is 1.44. The lowest BCUT2D eigenvalue weighted by atomic mass is 10.1. The number of hydrogen-bond donors (Lipinski definition) is 1. The van der Waals surface area contributed by atoms with Gasteiger partial charge in [0.25, 0.3) is 0 Å². The minimum Gasteiger partial charge on any atom is -0.454 e. The van der Waals surface area contributed by atoms with Crippen LogP contribution in [0.3, 0.4) is 0 Å². The summed E-state index contributed by atoms with van der Waals surface area (Å²) in [6, 6.07) is 14.7. The van der Waals surface area contributed by atoms with Crippen molar-refractivity contribution in [3.8, 4) is 11.5 Å². The van der Waals surface area contributed by atoms with Gasteiger partial charge in [0.15, 0.2) is 16.7 Å². The minimum absolute atomic E-state index is 0.00202. The number of hydrogen-bond acceptors (Lipinski definition) is 6. The van der Waals surface area contributed by atoms with Crippen LogP contribution in [-0.2, 0) is 22.3 Å². The summed E-state index contributed by atoms with van der Waals surface area (Å²) >= 11 is 7.17. The van der Waals surface area contributed by atoms with E-state index in [9.17, 15) is 22.8 Å². The Kier molecular flexibility index (Phi) is 7.46. The molecule has 0 radical (unpaired) electrons. The molecular formula is C27H21ClF3N3O4S. The molecule has 2 aliphatic heterocycles. The fraction of sp³-hybridized carbons (Fsp3) is 0.222. The third kappa shape index (κ3) is 6.15. The van der Waals surface area contributed by atoms with Gasteiger partial charge in [0.05, 0.1) is 17.8 Å². The van der Waals surface area contributed by atoms with Crippen molar-refractivity contribution < 1.29 is 32.2 Å². The number of nitrogens with one attached hydrogen (secondary N) is 1. The van der Waals surface area contributed by atoms with E-state index in [1.807, 2.05) is 6.92 Å². The summed E-state index contributed by atoms with van der Waals surface area (Å²) in [4.78, 5) is 32.2. The van der Waals surface area contributed by atoms with E-state index in [4.69, 9.17) is 21.1 Å². The first-order valence-electron chi connectivity index (χ1n) is 11.8. The molecule has 1 atom stereocenters. The molecule has 1 fully saturated rings. The van der Waals surface area contributed by atoms with Gasteiger partial charge in [-0.1, -0.05) is 41.6 Å². The van der Waals surface area contributed by atoms with Crippen LogP contribution in [0.1, 0.15) is 23.1 Å². The normalized spacial score (nSPS) is 18.0. The van der Waals surface area contributed by atoms with Gasteiger partial charge in [-0.3, -0.25) is 14.5 Å². The van der Waals surface area contributed by atoms with Gasteiger partial charge in [-0.05, 0) is 60.5 Å². The molecule has 5 rings (SSSR count). The van der Waals surface area contributed by atoms with Crippen molar-refractivity contribution in [3.63, 3.8) is 0 Å². The van der Waals surface area contributed by atoms with E-state index in [-0.39, 0.29) is 30.6 Å². The van der Waals surface area contributed by atoms with Crippen LogP contribution in [0.25, 0.3) is 0 Å². The van der Waals surface area contributed by atoms with Crippen LogP contribution < -0.4 is 14.8 Å². The number of carbonyl (C=O) groups is 2. The fourth-order valence-electron chi connectivity index (χ4n) is 3.97. The molecule has 0 spiro atoms. The highest BCUT2D eigenvalue weighted by molar-refractivity contribution is 8.15. The SMILES string of the molecule is Cc1ccc(NC(=O)C2CC(=O)N(Cc3ccc4c(c3)OCO4)C(=Nc3cccc(C(F)(F)F)c3)S2)cc1Cl. The number of thioether (sulfide) groups is 1. The number of carbonyl (C=O) groups excluding carboxylic acids is 2. The fourth-order valence-corrected chi connectivity index (χ4v) is 5.25. The van der Waals surface area contributed by atoms with Crippen molar-refractivity contribution in [2.24, 2.45) is 4.99 Å². The average molecular weight is 576 g/mol. The number of fused-ring (bicyclic) bond motifs is 1. The standard InChI is InChI=1S/C27H21ClF3N3O4S/c1-15-5-7-19(11-20(15)28)32-25(36)23-12-24(35)34(13-16-6-8-21-22(9-16)38-14-37-21)26(39-23)33-18-4-2-3-17(10-18)27(29,30)31/h2-11,23H,12-14H2,1H3,(H,32,36).